The van der Waals surface area contributed by atoms with E-state index in [0.717, 1.165) is 37.2 Å². The summed E-state index contributed by atoms with van der Waals surface area (Å²) in [7, 11) is 0. The molecule has 0 spiro atoms. The molecule has 1 saturated carbocycles. The molecule has 0 radical (unpaired) electrons. The van der Waals surface area contributed by atoms with Crippen LogP contribution < -0.4 is 10.6 Å². The predicted octanol–water partition coefficient (Wildman–Crippen LogP) is 4.26. The third-order valence-electron chi connectivity index (χ3n) is 5.63. The first-order valence-corrected chi connectivity index (χ1v) is 10.7. The van der Waals surface area contributed by atoms with Crippen LogP contribution in [0.2, 0.25) is 5.02 Å². The molecule has 1 atom stereocenters. The Morgan fingerprint density at radius 3 is 2.45 bits per heavy atom. The van der Waals surface area contributed by atoms with Crippen LogP contribution in [0.3, 0.4) is 0 Å². The second kappa shape index (κ2) is 8.97. The first-order chi connectivity index (χ1) is 14.1. The van der Waals surface area contributed by atoms with Gasteiger partial charge in [0.1, 0.15) is 0 Å². The summed E-state index contributed by atoms with van der Waals surface area (Å²) >= 11 is 6.19. The van der Waals surface area contributed by atoms with Crippen LogP contribution in [0.5, 0.6) is 0 Å². The van der Waals surface area contributed by atoms with Gasteiger partial charge in [-0.15, -0.1) is 0 Å². The van der Waals surface area contributed by atoms with Crippen molar-refractivity contribution in [1.82, 2.24) is 10.2 Å². The highest BCUT2D eigenvalue weighted by Gasteiger charge is 2.29. The fourth-order valence-electron chi connectivity index (χ4n) is 3.81. The normalized spacial score (nSPS) is 17.7. The van der Waals surface area contributed by atoms with Gasteiger partial charge in [0.05, 0.1) is 6.04 Å². The number of amides is 2. The number of nitrogens with one attached hydrogen (secondary N) is 2. The second-order valence-electron chi connectivity index (χ2n) is 7.86. The molecule has 0 bridgehead atoms. The summed E-state index contributed by atoms with van der Waals surface area (Å²) < 4.78 is 0. The maximum atomic E-state index is 12.7. The third kappa shape index (κ3) is 5.17. The van der Waals surface area contributed by atoms with Gasteiger partial charge >= 0.3 is 0 Å². The van der Waals surface area contributed by atoms with Gasteiger partial charge < -0.3 is 10.6 Å². The molecule has 1 saturated heterocycles. The number of likely N-dealkylation sites (tertiary alicyclic amines) is 1. The zero-order valence-corrected chi connectivity index (χ0v) is 17.1. The van der Waals surface area contributed by atoms with Gasteiger partial charge in [-0.3, -0.25) is 14.5 Å². The van der Waals surface area contributed by atoms with E-state index in [9.17, 15) is 9.59 Å². The zero-order valence-electron chi connectivity index (χ0n) is 16.4. The van der Waals surface area contributed by atoms with Crippen molar-refractivity contribution in [2.45, 2.75) is 31.7 Å². The van der Waals surface area contributed by atoms with Crippen molar-refractivity contribution in [2.24, 2.45) is 5.92 Å². The van der Waals surface area contributed by atoms with Gasteiger partial charge in [-0.05, 0) is 80.7 Å². The van der Waals surface area contributed by atoms with Gasteiger partial charge in [-0.25, -0.2) is 0 Å². The maximum absolute atomic E-state index is 12.7. The molecule has 2 fully saturated rings. The van der Waals surface area contributed by atoms with E-state index in [0.29, 0.717) is 17.1 Å². The van der Waals surface area contributed by atoms with Crippen LogP contribution in [0.4, 0.5) is 5.69 Å². The van der Waals surface area contributed by atoms with Gasteiger partial charge in [-0.2, -0.15) is 0 Å². The van der Waals surface area contributed by atoms with Gasteiger partial charge in [0.2, 0.25) is 5.91 Å². The first-order valence-electron chi connectivity index (χ1n) is 10.3. The smallest absolute Gasteiger partial charge is 0.251 e. The minimum absolute atomic E-state index is 0.0668. The van der Waals surface area contributed by atoms with E-state index in [1.807, 2.05) is 18.2 Å². The standard InChI is InChI=1S/C23H26ClN3O2/c24-19-5-3-4-18(14-19)21(27-12-1-2-13-27)15-25-22(28)16-8-10-20(11-9-16)26-23(29)17-6-7-17/h3-5,8-11,14,17,21H,1-2,6-7,12-13,15H2,(H,25,28)(H,26,29). The van der Waals surface area contributed by atoms with Crippen LogP contribution in [-0.4, -0.2) is 36.3 Å². The minimum atomic E-state index is -0.115. The van der Waals surface area contributed by atoms with Gasteiger partial charge in [0.25, 0.3) is 5.91 Å². The topological polar surface area (TPSA) is 61.4 Å². The summed E-state index contributed by atoms with van der Waals surface area (Å²) in [6.07, 6.45) is 4.30. The molecule has 1 heterocycles. The molecule has 1 aliphatic heterocycles. The number of carbonyl (C=O) groups is 2. The summed E-state index contributed by atoms with van der Waals surface area (Å²) in [6.45, 7) is 2.59. The summed E-state index contributed by atoms with van der Waals surface area (Å²) in [5, 5.41) is 6.68. The third-order valence-corrected chi connectivity index (χ3v) is 5.87. The largest absolute Gasteiger partial charge is 0.350 e. The van der Waals surface area contributed by atoms with Crippen molar-refractivity contribution >= 4 is 29.1 Å². The molecule has 2 aliphatic rings. The second-order valence-corrected chi connectivity index (χ2v) is 8.30. The SMILES string of the molecule is O=C(NCC(c1cccc(Cl)c1)N1CCCC1)c1ccc(NC(=O)C2CC2)cc1. The molecular formula is C23H26ClN3O2. The molecule has 152 valence electrons. The Balaban J connectivity index is 1.38. The molecule has 29 heavy (non-hydrogen) atoms. The van der Waals surface area contributed by atoms with E-state index in [1.165, 1.54) is 12.8 Å². The Bertz CT molecular complexity index is 874. The van der Waals surface area contributed by atoms with E-state index < -0.39 is 0 Å². The number of nitrogens with zero attached hydrogens (tertiary/aromatic N) is 1. The highest BCUT2D eigenvalue weighted by Crippen LogP contribution is 2.30. The van der Waals surface area contributed by atoms with Gasteiger partial charge in [0.15, 0.2) is 0 Å². The Hall–Kier alpha value is -2.37. The van der Waals surface area contributed by atoms with Gasteiger partial charge in [0, 0.05) is 28.7 Å². The Morgan fingerprint density at radius 1 is 1.07 bits per heavy atom. The van der Waals surface area contributed by atoms with Crippen molar-refractivity contribution in [2.75, 3.05) is 25.0 Å². The fourth-order valence-corrected chi connectivity index (χ4v) is 4.01. The van der Waals surface area contributed by atoms with Gasteiger partial charge in [-0.1, -0.05) is 23.7 Å². The number of hydrogen-bond acceptors (Lipinski definition) is 3. The highest BCUT2D eigenvalue weighted by atomic mass is 35.5. The van der Waals surface area contributed by atoms with Crippen LogP contribution >= 0.6 is 11.6 Å². The van der Waals surface area contributed by atoms with E-state index in [1.54, 1.807) is 24.3 Å². The number of rotatable bonds is 7. The van der Waals surface area contributed by atoms with E-state index in [4.69, 9.17) is 11.6 Å². The van der Waals surface area contributed by atoms with Crippen LogP contribution in [0.25, 0.3) is 0 Å². The van der Waals surface area contributed by atoms with Crippen molar-refractivity contribution in [1.29, 1.82) is 0 Å². The molecule has 5 nitrogen and oxygen atoms in total. The molecule has 1 unspecified atom stereocenters. The first kappa shape index (κ1) is 19.9. The maximum Gasteiger partial charge on any atom is 0.251 e. The number of anilines is 1. The molecular weight excluding hydrogens is 386 g/mol. The molecule has 0 aromatic heterocycles. The zero-order chi connectivity index (χ0) is 20.2. The fraction of sp³-hybridized carbons (Fsp3) is 0.391. The Labute approximate surface area is 176 Å². The number of carbonyl (C=O) groups excluding carboxylic acids is 2. The lowest BCUT2D eigenvalue weighted by atomic mass is 10.1. The van der Waals surface area contributed by atoms with Crippen LogP contribution in [0, 0.1) is 5.92 Å². The number of benzene rings is 2. The summed E-state index contributed by atoms with van der Waals surface area (Å²) in [6, 6.07) is 15.0. The predicted molar refractivity (Wildman–Crippen MR) is 115 cm³/mol. The minimum Gasteiger partial charge on any atom is -0.350 e. The van der Waals surface area contributed by atoms with Crippen LogP contribution in [-0.2, 0) is 4.79 Å². The molecule has 1 aliphatic carbocycles. The molecule has 6 heteroatoms. The molecule has 2 N–H and O–H groups in total. The monoisotopic (exact) mass is 411 g/mol. The highest BCUT2D eigenvalue weighted by molar-refractivity contribution is 6.30. The van der Waals surface area contributed by atoms with Crippen LogP contribution in [0.1, 0.15) is 47.6 Å². The van der Waals surface area contributed by atoms with Crippen LogP contribution in [0.15, 0.2) is 48.5 Å². The summed E-state index contributed by atoms with van der Waals surface area (Å²) in [5.41, 5.74) is 2.44. The average Bonchev–Trinajstić information content (AvgIpc) is 3.45. The quantitative estimate of drug-likeness (QED) is 0.715. The number of halogens is 1. The van der Waals surface area contributed by atoms with Crippen molar-refractivity contribution in [3.8, 4) is 0 Å². The number of hydrogen-bond donors (Lipinski definition) is 2. The van der Waals surface area contributed by atoms with Crippen molar-refractivity contribution < 1.29 is 9.59 Å². The van der Waals surface area contributed by atoms with E-state index >= 15 is 0 Å². The molecule has 2 amide bonds. The molecule has 4 rings (SSSR count). The van der Waals surface area contributed by atoms with E-state index in [2.05, 4.69) is 21.6 Å². The molecule has 2 aromatic carbocycles. The lowest BCUT2D eigenvalue weighted by Crippen LogP contribution is -2.36. The summed E-state index contributed by atoms with van der Waals surface area (Å²) in [5.74, 6) is 0.112. The summed E-state index contributed by atoms with van der Waals surface area (Å²) in [4.78, 5) is 26.9. The average molecular weight is 412 g/mol. The van der Waals surface area contributed by atoms with Crippen molar-refractivity contribution in [3.05, 3.63) is 64.7 Å². The lowest BCUT2D eigenvalue weighted by molar-refractivity contribution is -0.117. The Morgan fingerprint density at radius 2 is 1.79 bits per heavy atom. The Kier molecular flexibility index (Phi) is 6.16. The van der Waals surface area contributed by atoms with E-state index in [-0.39, 0.29) is 23.8 Å². The van der Waals surface area contributed by atoms with Crippen molar-refractivity contribution in [3.63, 3.8) is 0 Å². The molecule has 2 aromatic rings. The lowest BCUT2D eigenvalue weighted by Gasteiger charge is -2.28.